The van der Waals surface area contributed by atoms with E-state index in [4.69, 9.17) is 0 Å². The summed E-state index contributed by atoms with van der Waals surface area (Å²) in [5.74, 6) is 2.33. The Hall–Kier alpha value is 0.350. The second-order valence-corrected chi connectivity index (χ2v) is 5.27. The van der Waals surface area contributed by atoms with Gasteiger partial charge in [0.05, 0.1) is 0 Å². The van der Waals surface area contributed by atoms with Crippen LogP contribution in [-0.2, 0) is 0 Å². The molecule has 2 atom stereocenters. The summed E-state index contributed by atoms with van der Waals surface area (Å²) in [7, 11) is 0. The third-order valence-electron chi connectivity index (χ3n) is 3.32. The molecule has 1 aliphatic carbocycles. The molecule has 0 amide bonds. The highest BCUT2D eigenvalue weighted by Crippen LogP contribution is 2.59. The van der Waals surface area contributed by atoms with Crippen LogP contribution in [0.3, 0.4) is 0 Å². The first-order chi connectivity index (χ1) is 4.43. The van der Waals surface area contributed by atoms with Gasteiger partial charge in [-0.2, -0.15) is 11.8 Å². The second kappa shape index (κ2) is 1.50. The van der Waals surface area contributed by atoms with Crippen LogP contribution in [0.15, 0.2) is 0 Å². The maximum atomic E-state index is 2.31. The topological polar surface area (TPSA) is 0 Å². The smallest absolute Gasteiger partial charge is 0.0107 e. The quantitative estimate of drug-likeness (QED) is 0.497. The highest BCUT2D eigenvalue weighted by molar-refractivity contribution is 8.01. The van der Waals surface area contributed by atoms with Crippen LogP contribution < -0.4 is 0 Å². The van der Waals surface area contributed by atoms with Gasteiger partial charge in [0, 0.05) is 10.5 Å². The van der Waals surface area contributed by atoms with Crippen molar-refractivity contribution < 1.29 is 0 Å². The Morgan fingerprint density at radius 1 is 1.00 bits per heavy atom. The van der Waals surface area contributed by atoms with E-state index in [1.807, 2.05) is 0 Å². The fourth-order valence-corrected chi connectivity index (χ4v) is 5.07. The lowest BCUT2D eigenvalue weighted by Crippen LogP contribution is -2.14. The van der Waals surface area contributed by atoms with Crippen LogP contribution in [0.5, 0.6) is 0 Å². The largest absolute Gasteiger partial charge is 0.155 e. The van der Waals surface area contributed by atoms with Crippen LogP contribution in [-0.4, -0.2) is 10.5 Å². The van der Waals surface area contributed by atoms with Crippen LogP contribution >= 0.6 is 11.8 Å². The van der Waals surface area contributed by atoms with Gasteiger partial charge in [-0.05, 0) is 37.5 Å². The zero-order valence-electron chi connectivity index (χ0n) is 5.55. The summed E-state index contributed by atoms with van der Waals surface area (Å²) in [6.07, 6.45) is 6.29. The van der Waals surface area contributed by atoms with E-state index >= 15 is 0 Å². The lowest BCUT2D eigenvalue weighted by Gasteiger charge is -2.14. The zero-order chi connectivity index (χ0) is 5.84. The summed E-state index contributed by atoms with van der Waals surface area (Å²) in [5, 5.41) is 2.24. The molecular formula is C8H12S. The van der Waals surface area contributed by atoms with E-state index < -0.39 is 0 Å². The number of hydrogen-bond acceptors (Lipinski definition) is 1. The normalized spacial score (nSPS) is 61.3. The van der Waals surface area contributed by atoms with Crippen LogP contribution in [0.1, 0.15) is 25.7 Å². The second-order valence-electron chi connectivity index (χ2n) is 3.79. The van der Waals surface area contributed by atoms with E-state index in [0.717, 1.165) is 10.5 Å². The van der Waals surface area contributed by atoms with Gasteiger partial charge in [0.1, 0.15) is 0 Å². The van der Waals surface area contributed by atoms with Gasteiger partial charge in [-0.3, -0.25) is 0 Å². The molecule has 50 valence electrons. The summed E-state index contributed by atoms with van der Waals surface area (Å²) in [6, 6.07) is 0. The molecule has 3 rings (SSSR count). The SMILES string of the molecule is C1CC2CC3CC1C2S3. The average molecular weight is 140 g/mol. The van der Waals surface area contributed by atoms with Crippen LogP contribution in [0, 0.1) is 11.8 Å². The van der Waals surface area contributed by atoms with Gasteiger partial charge in [0.15, 0.2) is 0 Å². The van der Waals surface area contributed by atoms with E-state index in [1.54, 1.807) is 25.7 Å². The monoisotopic (exact) mass is 140 g/mol. The molecule has 0 aromatic rings. The first-order valence-electron chi connectivity index (χ1n) is 4.09. The Kier molecular flexibility index (Phi) is 0.843. The molecular weight excluding hydrogens is 128 g/mol. The van der Waals surface area contributed by atoms with Gasteiger partial charge in [0.2, 0.25) is 0 Å². The maximum absolute atomic E-state index is 2.31. The minimum absolute atomic E-state index is 1.10. The van der Waals surface area contributed by atoms with Gasteiger partial charge in [-0.15, -0.1) is 0 Å². The summed E-state index contributed by atoms with van der Waals surface area (Å²) in [4.78, 5) is 0. The maximum Gasteiger partial charge on any atom is 0.0107 e. The molecule has 0 N–H and O–H groups in total. The zero-order valence-corrected chi connectivity index (χ0v) is 6.36. The van der Waals surface area contributed by atoms with Crippen molar-refractivity contribution in [2.24, 2.45) is 11.8 Å². The van der Waals surface area contributed by atoms with Crippen molar-refractivity contribution in [3.05, 3.63) is 0 Å². The van der Waals surface area contributed by atoms with Crippen molar-refractivity contribution in [2.45, 2.75) is 36.2 Å². The highest BCUT2D eigenvalue weighted by Gasteiger charge is 2.50. The number of rotatable bonds is 0. The predicted molar refractivity (Wildman–Crippen MR) is 40.6 cm³/mol. The average Bonchev–Trinajstić information content (AvgIpc) is 2.35. The third-order valence-corrected chi connectivity index (χ3v) is 5.17. The van der Waals surface area contributed by atoms with Crippen LogP contribution in [0.25, 0.3) is 0 Å². The Morgan fingerprint density at radius 2 is 1.67 bits per heavy atom. The van der Waals surface area contributed by atoms with E-state index in [-0.39, 0.29) is 0 Å². The molecule has 1 heteroatoms. The lowest BCUT2D eigenvalue weighted by atomic mass is 9.89. The number of thioether (sulfide) groups is 1. The minimum atomic E-state index is 1.10. The van der Waals surface area contributed by atoms with Crippen molar-refractivity contribution in [2.75, 3.05) is 0 Å². The number of hydrogen-bond donors (Lipinski definition) is 0. The highest BCUT2D eigenvalue weighted by atomic mass is 32.2. The van der Waals surface area contributed by atoms with Crippen molar-refractivity contribution in [3.63, 3.8) is 0 Å². The van der Waals surface area contributed by atoms with E-state index in [9.17, 15) is 0 Å². The van der Waals surface area contributed by atoms with Gasteiger partial charge in [-0.25, -0.2) is 0 Å². The van der Waals surface area contributed by atoms with Crippen LogP contribution in [0.4, 0.5) is 0 Å². The summed E-state index contributed by atoms with van der Waals surface area (Å²) in [5.41, 5.74) is 0. The predicted octanol–water partition coefficient (Wildman–Crippen LogP) is 2.29. The Morgan fingerprint density at radius 3 is 2.11 bits per heavy atom. The van der Waals surface area contributed by atoms with Crippen molar-refractivity contribution >= 4 is 11.8 Å². The summed E-state index contributed by atoms with van der Waals surface area (Å²) < 4.78 is 0. The van der Waals surface area contributed by atoms with E-state index in [1.165, 1.54) is 11.8 Å². The Bertz CT molecular complexity index is 127. The van der Waals surface area contributed by atoms with Gasteiger partial charge >= 0.3 is 0 Å². The molecule has 9 heavy (non-hydrogen) atoms. The molecule has 2 aliphatic heterocycles. The molecule has 2 bridgehead atoms. The van der Waals surface area contributed by atoms with Gasteiger partial charge in [-0.1, -0.05) is 0 Å². The molecule has 0 radical (unpaired) electrons. The Labute approximate surface area is 60.4 Å². The number of fused-ring (bicyclic) bond motifs is 1. The standard InChI is InChI=1S/C8H12S/c1-2-6-4-7-3-5(1)8(6)9-7/h5-8H,1-4H2. The lowest BCUT2D eigenvalue weighted by molar-refractivity contribution is 0.421. The molecule has 2 saturated heterocycles. The molecule has 0 aromatic heterocycles. The fourth-order valence-electron chi connectivity index (χ4n) is 2.97. The van der Waals surface area contributed by atoms with E-state index in [0.29, 0.717) is 0 Å². The van der Waals surface area contributed by atoms with Crippen molar-refractivity contribution in [3.8, 4) is 0 Å². The molecule has 0 spiro atoms. The van der Waals surface area contributed by atoms with Crippen LogP contribution in [0.2, 0.25) is 0 Å². The van der Waals surface area contributed by atoms with E-state index in [2.05, 4.69) is 11.8 Å². The van der Waals surface area contributed by atoms with Crippen molar-refractivity contribution in [1.29, 1.82) is 0 Å². The summed E-state index contributed by atoms with van der Waals surface area (Å²) in [6.45, 7) is 0. The molecule has 3 aliphatic rings. The molecule has 3 fully saturated rings. The third kappa shape index (κ3) is 0.524. The first-order valence-corrected chi connectivity index (χ1v) is 5.03. The molecule has 2 unspecified atom stereocenters. The molecule has 2 heterocycles. The van der Waals surface area contributed by atoms with Gasteiger partial charge < -0.3 is 0 Å². The first kappa shape index (κ1) is 5.06. The van der Waals surface area contributed by atoms with Gasteiger partial charge in [0.25, 0.3) is 0 Å². The minimum Gasteiger partial charge on any atom is -0.155 e. The molecule has 1 saturated carbocycles. The summed E-state index contributed by atoms with van der Waals surface area (Å²) >= 11 is 2.31. The molecule has 0 aromatic carbocycles. The van der Waals surface area contributed by atoms with Crippen molar-refractivity contribution in [1.82, 2.24) is 0 Å². The Balaban J connectivity index is 2.02. The molecule has 0 nitrogen and oxygen atoms in total. The fraction of sp³-hybridized carbons (Fsp3) is 1.00.